The van der Waals surface area contributed by atoms with Gasteiger partial charge < -0.3 is 4.74 Å². The second-order valence-corrected chi connectivity index (χ2v) is 4.14. The molecule has 3 nitrogen and oxygen atoms in total. The topological polar surface area (TPSA) is 43.4 Å². The molecular weight excluding hydrogens is 237 g/mol. The fourth-order valence-corrected chi connectivity index (χ4v) is 2.00. The molecule has 0 saturated heterocycles. The van der Waals surface area contributed by atoms with E-state index >= 15 is 0 Å². The molecule has 0 amide bonds. The normalized spacial score (nSPS) is 26.5. The van der Waals surface area contributed by atoms with Gasteiger partial charge in [0.15, 0.2) is 0 Å². The van der Waals surface area contributed by atoms with Gasteiger partial charge in [0.05, 0.1) is 12.5 Å². The van der Waals surface area contributed by atoms with E-state index in [0.717, 1.165) is 0 Å². The van der Waals surface area contributed by atoms with Gasteiger partial charge in [0, 0.05) is 6.42 Å². The molecule has 0 radical (unpaired) electrons. The number of ether oxygens (including phenoxy) is 1. The molecule has 0 aliphatic heterocycles. The highest BCUT2D eigenvalue weighted by atomic mass is 19.4. The Bertz CT molecular complexity index is 299. The maximum atomic E-state index is 12.6. The van der Waals surface area contributed by atoms with Crippen molar-refractivity contribution in [3.63, 3.8) is 0 Å². The fraction of sp³-hybridized carbons (Fsp3) is 0.818. The number of rotatable bonds is 2. The van der Waals surface area contributed by atoms with Crippen molar-refractivity contribution in [1.82, 2.24) is 0 Å². The first-order valence-corrected chi connectivity index (χ1v) is 5.62. The van der Waals surface area contributed by atoms with Gasteiger partial charge >= 0.3 is 12.1 Å². The zero-order valence-electron chi connectivity index (χ0n) is 9.55. The number of carbonyl (C=O) groups is 2. The molecule has 17 heavy (non-hydrogen) atoms. The van der Waals surface area contributed by atoms with Crippen molar-refractivity contribution >= 4 is 11.8 Å². The molecule has 1 aliphatic carbocycles. The SMILES string of the molecule is CCOC(=O)C1CC(C(F)(F)F)CCCC1=O. The largest absolute Gasteiger partial charge is 0.465 e. The lowest BCUT2D eigenvalue weighted by molar-refractivity contribution is -0.182. The highest BCUT2D eigenvalue weighted by Crippen LogP contribution is 2.38. The van der Waals surface area contributed by atoms with E-state index in [4.69, 9.17) is 0 Å². The second kappa shape index (κ2) is 5.51. The van der Waals surface area contributed by atoms with E-state index in [-0.39, 0.29) is 25.9 Å². The monoisotopic (exact) mass is 252 g/mol. The molecule has 0 N–H and O–H groups in total. The van der Waals surface area contributed by atoms with Crippen LogP contribution in [-0.4, -0.2) is 24.5 Å². The quantitative estimate of drug-likeness (QED) is 0.431. The fourth-order valence-electron chi connectivity index (χ4n) is 2.00. The zero-order valence-corrected chi connectivity index (χ0v) is 9.55. The number of carbonyl (C=O) groups excluding carboxylic acids is 2. The van der Waals surface area contributed by atoms with Crippen molar-refractivity contribution in [1.29, 1.82) is 0 Å². The summed E-state index contributed by atoms with van der Waals surface area (Å²) >= 11 is 0. The molecule has 0 spiro atoms. The molecule has 6 heteroatoms. The van der Waals surface area contributed by atoms with E-state index in [1.54, 1.807) is 6.92 Å². The molecule has 1 saturated carbocycles. The van der Waals surface area contributed by atoms with E-state index in [0.29, 0.717) is 0 Å². The molecule has 0 aromatic heterocycles. The van der Waals surface area contributed by atoms with Crippen LogP contribution >= 0.6 is 0 Å². The molecule has 2 unspecified atom stereocenters. The van der Waals surface area contributed by atoms with Crippen molar-refractivity contribution in [2.24, 2.45) is 11.8 Å². The first-order chi connectivity index (χ1) is 7.86. The van der Waals surface area contributed by atoms with E-state index in [1.807, 2.05) is 0 Å². The van der Waals surface area contributed by atoms with Crippen LogP contribution in [0.25, 0.3) is 0 Å². The van der Waals surface area contributed by atoms with Gasteiger partial charge in [0.25, 0.3) is 0 Å². The summed E-state index contributed by atoms with van der Waals surface area (Å²) in [6.45, 7) is 1.62. The lowest BCUT2D eigenvalue weighted by atomic mass is 9.92. The lowest BCUT2D eigenvalue weighted by Crippen LogP contribution is -2.31. The third-order valence-electron chi connectivity index (χ3n) is 2.92. The average molecular weight is 252 g/mol. The van der Waals surface area contributed by atoms with Gasteiger partial charge in [0.2, 0.25) is 0 Å². The third kappa shape index (κ3) is 3.71. The van der Waals surface area contributed by atoms with E-state index in [9.17, 15) is 22.8 Å². The summed E-state index contributed by atoms with van der Waals surface area (Å²) in [5.41, 5.74) is 0. The van der Waals surface area contributed by atoms with Crippen LogP contribution in [0.15, 0.2) is 0 Å². The van der Waals surface area contributed by atoms with Crippen molar-refractivity contribution in [3.8, 4) is 0 Å². The Kier molecular flexibility index (Phi) is 4.54. The molecule has 0 aromatic rings. The molecule has 1 aliphatic rings. The minimum atomic E-state index is -4.35. The lowest BCUT2D eigenvalue weighted by Gasteiger charge is -2.20. The maximum Gasteiger partial charge on any atom is 0.391 e. The highest BCUT2D eigenvalue weighted by molar-refractivity contribution is 5.99. The van der Waals surface area contributed by atoms with Gasteiger partial charge in [-0.15, -0.1) is 0 Å². The Labute approximate surface area is 97.3 Å². The highest BCUT2D eigenvalue weighted by Gasteiger charge is 2.45. The molecular formula is C11H15F3O3. The zero-order chi connectivity index (χ0) is 13.1. The van der Waals surface area contributed by atoms with Crippen LogP contribution in [0.5, 0.6) is 0 Å². The van der Waals surface area contributed by atoms with Crippen molar-refractivity contribution in [2.45, 2.75) is 38.8 Å². The number of hydrogen-bond donors (Lipinski definition) is 0. The minimum absolute atomic E-state index is 0.0239. The van der Waals surface area contributed by atoms with Gasteiger partial charge in [-0.3, -0.25) is 9.59 Å². The Hall–Kier alpha value is -1.07. The Morgan fingerprint density at radius 1 is 1.47 bits per heavy atom. The van der Waals surface area contributed by atoms with Crippen molar-refractivity contribution in [3.05, 3.63) is 0 Å². The summed E-state index contributed by atoms with van der Waals surface area (Å²) in [7, 11) is 0. The van der Waals surface area contributed by atoms with Crippen LogP contribution in [0.4, 0.5) is 13.2 Å². The van der Waals surface area contributed by atoms with E-state index in [2.05, 4.69) is 4.74 Å². The average Bonchev–Trinajstić information content (AvgIpc) is 2.39. The van der Waals surface area contributed by atoms with Gasteiger partial charge in [0.1, 0.15) is 11.7 Å². The number of halogens is 3. The van der Waals surface area contributed by atoms with Crippen LogP contribution in [-0.2, 0) is 14.3 Å². The Balaban J connectivity index is 2.79. The number of alkyl halides is 3. The standard InChI is InChI=1S/C11H15F3O3/c1-2-17-10(16)8-6-7(11(12,13)14)4-3-5-9(8)15/h7-8H,2-6H2,1H3. The van der Waals surface area contributed by atoms with Crippen LogP contribution in [0, 0.1) is 11.8 Å². The first-order valence-electron chi connectivity index (χ1n) is 5.62. The molecule has 1 fully saturated rings. The first kappa shape index (κ1) is 14.0. The van der Waals surface area contributed by atoms with Gasteiger partial charge in [-0.2, -0.15) is 13.2 Å². The predicted octanol–water partition coefficient (Wildman–Crippen LogP) is 2.49. The van der Waals surface area contributed by atoms with Crippen LogP contribution in [0.3, 0.4) is 0 Å². The number of esters is 1. The molecule has 98 valence electrons. The second-order valence-electron chi connectivity index (χ2n) is 4.14. The summed E-state index contributed by atoms with van der Waals surface area (Å²) in [6.07, 6.45) is -4.71. The molecule has 0 heterocycles. The molecule has 2 atom stereocenters. The predicted molar refractivity (Wildman–Crippen MR) is 53.1 cm³/mol. The molecule has 1 rings (SSSR count). The summed E-state index contributed by atoms with van der Waals surface area (Å²) in [5, 5.41) is 0. The summed E-state index contributed by atoms with van der Waals surface area (Å²) in [4.78, 5) is 23.0. The van der Waals surface area contributed by atoms with Gasteiger partial charge in [-0.25, -0.2) is 0 Å². The maximum absolute atomic E-state index is 12.6. The minimum Gasteiger partial charge on any atom is -0.465 e. The molecule has 0 bridgehead atoms. The van der Waals surface area contributed by atoms with Gasteiger partial charge in [-0.05, 0) is 26.2 Å². The third-order valence-corrected chi connectivity index (χ3v) is 2.92. The van der Waals surface area contributed by atoms with Crippen LogP contribution < -0.4 is 0 Å². The number of hydrogen-bond acceptors (Lipinski definition) is 3. The number of Topliss-reactive ketones (excluding diaryl/α,β-unsaturated/α-hetero) is 1. The van der Waals surface area contributed by atoms with Crippen LogP contribution in [0.2, 0.25) is 0 Å². The molecule has 0 aromatic carbocycles. The van der Waals surface area contributed by atoms with Crippen LogP contribution in [0.1, 0.15) is 32.6 Å². The summed E-state index contributed by atoms with van der Waals surface area (Å²) < 4.78 is 42.5. The smallest absolute Gasteiger partial charge is 0.391 e. The number of ketones is 1. The Morgan fingerprint density at radius 2 is 2.12 bits per heavy atom. The van der Waals surface area contributed by atoms with Crippen molar-refractivity contribution < 1.29 is 27.5 Å². The van der Waals surface area contributed by atoms with E-state index in [1.165, 1.54) is 0 Å². The Morgan fingerprint density at radius 3 is 2.65 bits per heavy atom. The summed E-state index contributed by atoms with van der Waals surface area (Å²) in [5.74, 6) is -4.09. The summed E-state index contributed by atoms with van der Waals surface area (Å²) in [6, 6.07) is 0. The van der Waals surface area contributed by atoms with E-state index < -0.39 is 36.2 Å². The van der Waals surface area contributed by atoms with Crippen molar-refractivity contribution in [2.75, 3.05) is 6.61 Å². The van der Waals surface area contributed by atoms with Gasteiger partial charge in [-0.1, -0.05) is 0 Å².